The van der Waals surface area contributed by atoms with Gasteiger partial charge in [0.2, 0.25) is 5.95 Å². The average Bonchev–Trinajstić information content (AvgIpc) is 2.48. The Balaban J connectivity index is 2.39. The molecule has 3 nitrogen and oxygen atoms in total. The molecule has 1 heterocycles. The predicted molar refractivity (Wildman–Crippen MR) is 73.4 cm³/mol. The number of nitriles is 1. The number of pyridine rings is 1. The topological polar surface area (TPSA) is 56.9 Å². The van der Waals surface area contributed by atoms with Crippen LogP contribution >= 0.6 is 0 Å². The van der Waals surface area contributed by atoms with Gasteiger partial charge < -0.3 is 5.11 Å². The number of hydrogen-bond donors (Lipinski definition) is 1. The van der Waals surface area contributed by atoms with Crippen molar-refractivity contribution in [1.29, 1.82) is 5.26 Å². The zero-order valence-corrected chi connectivity index (χ0v) is 10.9. The van der Waals surface area contributed by atoms with Crippen molar-refractivity contribution in [2.45, 2.75) is 18.3 Å². The van der Waals surface area contributed by atoms with Crippen LogP contribution in [-0.4, -0.2) is 16.7 Å². The molecule has 2 aromatic rings. The Hall–Kier alpha value is -2.25. The minimum absolute atomic E-state index is 0.0755. The fourth-order valence-electron chi connectivity index (χ4n) is 2.31. The van der Waals surface area contributed by atoms with Gasteiger partial charge in [0, 0.05) is 18.2 Å². The van der Waals surface area contributed by atoms with Crippen molar-refractivity contribution in [3.05, 3.63) is 65.7 Å². The standard InChI is InChI=1S/C16H15FN2O/c17-16-8-4-7-15(19-16)13(9-10-20)14(11-18)12-5-2-1-3-6-12/h1-8,13-14,20H,9-10H2/t13-,14-/m1/s1. The first kappa shape index (κ1) is 14.2. The summed E-state index contributed by atoms with van der Waals surface area (Å²) in [5.74, 6) is -1.36. The van der Waals surface area contributed by atoms with Gasteiger partial charge in [-0.1, -0.05) is 36.4 Å². The zero-order valence-electron chi connectivity index (χ0n) is 10.9. The molecule has 0 aliphatic rings. The monoisotopic (exact) mass is 270 g/mol. The molecule has 20 heavy (non-hydrogen) atoms. The van der Waals surface area contributed by atoms with Crippen molar-refractivity contribution in [1.82, 2.24) is 4.98 Å². The smallest absolute Gasteiger partial charge is 0.213 e. The van der Waals surface area contributed by atoms with E-state index in [1.165, 1.54) is 6.07 Å². The summed E-state index contributed by atoms with van der Waals surface area (Å²) in [5.41, 5.74) is 1.34. The zero-order chi connectivity index (χ0) is 14.4. The number of benzene rings is 1. The highest BCUT2D eigenvalue weighted by Gasteiger charge is 2.25. The van der Waals surface area contributed by atoms with Crippen LogP contribution in [0.5, 0.6) is 0 Å². The maximum atomic E-state index is 13.3. The first-order valence-electron chi connectivity index (χ1n) is 6.44. The maximum Gasteiger partial charge on any atom is 0.213 e. The highest BCUT2D eigenvalue weighted by atomic mass is 19.1. The van der Waals surface area contributed by atoms with Crippen LogP contribution in [0.1, 0.15) is 29.5 Å². The molecular formula is C16H15FN2O. The SMILES string of the molecule is N#C[C@H](c1ccccc1)[C@@H](CCO)c1cccc(F)n1. The maximum absolute atomic E-state index is 13.3. The number of nitrogens with zero attached hydrogens (tertiary/aromatic N) is 2. The molecule has 4 heteroatoms. The van der Waals surface area contributed by atoms with Crippen molar-refractivity contribution in [3.8, 4) is 6.07 Å². The molecule has 2 rings (SSSR count). The van der Waals surface area contributed by atoms with Crippen molar-refractivity contribution in [2.75, 3.05) is 6.61 Å². The number of rotatable bonds is 5. The first-order valence-corrected chi connectivity index (χ1v) is 6.44. The van der Waals surface area contributed by atoms with Gasteiger partial charge in [0.15, 0.2) is 0 Å². The van der Waals surface area contributed by atoms with E-state index in [1.54, 1.807) is 12.1 Å². The van der Waals surface area contributed by atoms with E-state index >= 15 is 0 Å². The largest absolute Gasteiger partial charge is 0.396 e. The van der Waals surface area contributed by atoms with E-state index in [4.69, 9.17) is 0 Å². The highest BCUT2D eigenvalue weighted by molar-refractivity contribution is 5.30. The summed E-state index contributed by atoms with van der Waals surface area (Å²) in [4.78, 5) is 3.86. The van der Waals surface area contributed by atoms with Crippen molar-refractivity contribution >= 4 is 0 Å². The van der Waals surface area contributed by atoms with Gasteiger partial charge in [0.25, 0.3) is 0 Å². The number of aromatic nitrogens is 1. The molecular weight excluding hydrogens is 255 g/mol. The Bertz CT molecular complexity index is 595. The molecule has 0 saturated heterocycles. The second kappa shape index (κ2) is 6.78. The number of aliphatic hydroxyl groups is 1. The molecule has 1 N–H and O–H groups in total. The Labute approximate surface area is 117 Å². The minimum Gasteiger partial charge on any atom is -0.396 e. The molecule has 0 aliphatic carbocycles. The normalized spacial score (nSPS) is 13.4. The lowest BCUT2D eigenvalue weighted by atomic mass is 9.82. The predicted octanol–water partition coefficient (Wildman–Crippen LogP) is 2.99. The van der Waals surface area contributed by atoms with Gasteiger partial charge in [-0.2, -0.15) is 9.65 Å². The minimum atomic E-state index is -0.574. The third-order valence-electron chi connectivity index (χ3n) is 3.26. The summed E-state index contributed by atoms with van der Waals surface area (Å²) >= 11 is 0. The van der Waals surface area contributed by atoms with Gasteiger partial charge in [-0.25, -0.2) is 4.98 Å². The van der Waals surface area contributed by atoms with Crippen LogP contribution in [-0.2, 0) is 0 Å². The summed E-state index contributed by atoms with van der Waals surface area (Å²) < 4.78 is 13.3. The molecule has 102 valence electrons. The van der Waals surface area contributed by atoms with Crippen LogP contribution in [0, 0.1) is 17.3 Å². The lowest BCUT2D eigenvalue weighted by Gasteiger charge is -2.21. The summed E-state index contributed by atoms with van der Waals surface area (Å²) in [5, 5.41) is 18.7. The van der Waals surface area contributed by atoms with Gasteiger partial charge >= 0.3 is 0 Å². The van der Waals surface area contributed by atoms with E-state index in [2.05, 4.69) is 11.1 Å². The van der Waals surface area contributed by atoms with E-state index in [9.17, 15) is 14.8 Å². The summed E-state index contributed by atoms with van der Waals surface area (Å²) in [7, 11) is 0. The van der Waals surface area contributed by atoms with Gasteiger partial charge in [-0.15, -0.1) is 0 Å². The number of aliphatic hydroxyl groups excluding tert-OH is 1. The van der Waals surface area contributed by atoms with Crippen molar-refractivity contribution in [2.24, 2.45) is 0 Å². The second-order valence-corrected chi connectivity index (χ2v) is 4.52. The first-order chi connectivity index (χ1) is 9.76. The molecule has 0 amide bonds. The molecule has 1 aromatic carbocycles. The molecule has 0 radical (unpaired) electrons. The van der Waals surface area contributed by atoms with Gasteiger partial charge in [0.1, 0.15) is 0 Å². The van der Waals surface area contributed by atoms with E-state index in [0.717, 1.165) is 5.56 Å². The highest BCUT2D eigenvalue weighted by Crippen LogP contribution is 2.34. The van der Waals surface area contributed by atoms with Crippen LogP contribution in [0.4, 0.5) is 4.39 Å². The van der Waals surface area contributed by atoms with Crippen LogP contribution in [0.3, 0.4) is 0 Å². The van der Waals surface area contributed by atoms with E-state index in [1.807, 2.05) is 30.3 Å². The molecule has 0 bridgehead atoms. The van der Waals surface area contributed by atoms with Gasteiger partial charge in [-0.3, -0.25) is 0 Å². The van der Waals surface area contributed by atoms with Gasteiger partial charge in [0.05, 0.1) is 12.0 Å². The molecule has 0 saturated carbocycles. The Kier molecular flexibility index (Phi) is 4.80. The van der Waals surface area contributed by atoms with Crippen LogP contribution < -0.4 is 0 Å². The quantitative estimate of drug-likeness (QED) is 0.850. The van der Waals surface area contributed by atoms with Gasteiger partial charge in [-0.05, 0) is 24.1 Å². The second-order valence-electron chi connectivity index (χ2n) is 4.52. The Morgan fingerprint density at radius 3 is 2.50 bits per heavy atom. The molecule has 0 unspecified atom stereocenters. The third-order valence-corrected chi connectivity index (χ3v) is 3.26. The molecule has 0 fully saturated rings. The molecule has 2 atom stereocenters. The summed E-state index contributed by atoms with van der Waals surface area (Å²) in [6, 6.07) is 16.1. The van der Waals surface area contributed by atoms with Crippen molar-refractivity contribution in [3.63, 3.8) is 0 Å². The molecule has 0 aliphatic heterocycles. The fourth-order valence-corrected chi connectivity index (χ4v) is 2.31. The van der Waals surface area contributed by atoms with E-state index in [0.29, 0.717) is 12.1 Å². The number of halogens is 1. The number of hydrogen-bond acceptors (Lipinski definition) is 3. The lowest BCUT2D eigenvalue weighted by Crippen LogP contribution is -2.13. The molecule has 1 aromatic heterocycles. The summed E-state index contributed by atoms with van der Waals surface area (Å²) in [6.07, 6.45) is 0.365. The Morgan fingerprint density at radius 1 is 1.15 bits per heavy atom. The van der Waals surface area contributed by atoms with E-state index in [-0.39, 0.29) is 12.5 Å². The summed E-state index contributed by atoms with van der Waals surface area (Å²) in [6.45, 7) is -0.0755. The fraction of sp³-hybridized carbons (Fsp3) is 0.250. The van der Waals surface area contributed by atoms with Crippen LogP contribution in [0.2, 0.25) is 0 Å². The molecule has 0 spiro atoms. The van der Waals surface area contributed by atoms with Crippen LogP contribution in [0.25, 0.3) is 0 Å². The van der Waals surface area contributed by atoms with Crippen molar-refractivity contribution < 1.29 is 9.50 Å². The lowest BCUT2D eigenvalue weighted by molar-refractivity contribution is 0.270. The average molecular weight is 270 g/mol. The third kappa shape index (κ3) is 3.19. The van der Waals surface area contributed by atoms with E-state index < -0.39 is 11.9 Å². The van der Waals surface area contributed by atoms with Crippen LogP contribution in [0.15, 0.2) is 48.5 Å². The Morgan fingerprint density at radius 2 is 1.90 bits per heavy atom.